The second kappa shape index (κ2) is 8.93. The van der Waals surface area contributed by atoms with E-state index in [1.54, 1.807) is 0 Å². The van der Waals surface area contributed by atoms with Gasteiger partial charge < -0.3 is 10.6 Å². The normalized spacial score (nSPS) is 21.4. The zero-order valence-electron chi connectivity index (χ0n) is 15.5. The van der Waals surface area contributed by atoms with Crippen LogP contribution in [0.2, 0.25) is 0 Å². The van der Waals surface area contributed by atoms with Gasteiger partial charge in [0.1, 0.15) is 0 Å². The van der Waals surface area contributed by atoms with Gasteiger partial charge in [0.25, 0.3) is 0 Å². The first-order valence-electron chi connectivity index (χ1n) is 9.64. The summed E-state index contributed by atoms with van der Waals surface area (Å²) in [5.74, 6) is 0. The molecule has 5 heteroatoms. The molecule has 2 aromatic carbocycles. The van der Waals surface area contributed by atoms with Crippen LogP contribution >= 0.6 is 44.1 Å². The molecule has 0 radical (unpaired) electrons. The van der Waals surface area contributed by atoms with Gasteiger partial charge in [-0.15, -0.1) is 0 Å². The molecule has 1 unspecified atom stereocenters. The van der Waals surface area contributed by atoms with Crippen LogP contribution in [0.15, 0.2) is 74.3 Å². The summed E-state index contributed by atoms with van der Waals surface area (Å²) < 4.78 is 2.23. The highest BCUT2D eigenvalue weighted by atomic mass is 79.9. The van der Waals surface area contributed by atoms with Gasteiger partial charge in [0.15, 0.2) is 5.11 Å². The summed E-state index contributed by atoms with van der Waals surface area (Å²) in [6, 6.07) is 16.9. The van der Waals surface area contributed by atoms with Crippen LogP contribution < -0.4 is 10.6 Å². The molecule has 0 fully saturated rings. The Morgan fingerprint density at radius 2 is 1.61 bits per heavy atom. The van der Waals surface area contributed by atoms with Gasteiger partial charge in [0.2, 0.25) is 0 Å². The van der Waals surface area contributed by atoms with Crippen LogP contribution in [0.25, 0.3) is 6.08 Å². The SMILES string of the molecule is S=C1NC2=C(CCCCC/C2=C\c2ccccc2Br)C(c2ccccc2Br)N1. The van der Waals surface area contributed by atoms with E-state index < -0.39 is 0 Å². The van der Waals surface area contributed by atoms with Gasteiger partial charge in [-0.3, -0.25) is 0 Å². The molecule has 2 nitrogen and oxygen atoms in total. The smallest absolute Gasteiger partial charge is 0.171 e. The van der Waals surface area contributed by atoms with Gasteiger partial charge >= 0.3 is 0 Å². The Labute approximate surface area is 188 Å². The van der Waals surface area contributed by atoms with Gasteiger partial charge in [-0.2, -0.15) is 0 Å². The molecule has 2 aliphatic rings. The molecule has 0 amide bonds. The van der Waals surface area contributed by atoms with E-state index in [1.807, 2.05) is 0 Å². The highest BCUT2D eigenvalue weighted by molar-refractivity contribution is 9.10. The monoisotopic (exact) mass is 516 g/mol. The Hall–Kier alpha value is -1.43. The number of hydrogen-bond acceptors (Lipinski definition) is 1. The predicted molar refractivity (Wildman–Crippen MR) is 128 cm³/mol. The number of nitrogens with one attached hydrogen (secondary N) is 2. The highest BCUT2D eigenvalue weighted by Gasteiger charge is 2.29. The third-order valence-electron chi connectivity index (χ3n) is 5.35. The Morgan fingerprint density at radius 1 is 0.893 bits per heavy atom. The first-order valence-corrected chi connectivity index (χ1v) is 11.6. The number of allylic oxidation sites excluding steroid dienone is 1. The molecule has 2 aromatic rings. The van der Waals surface area contributed by atoms with Crippen LogP contribution in [0, 0.1) is 0 Å². The number of hydrogen-bond donors (Lipinski definition) is 2. The van der Waals surface area contributed by atoms with Crippen molar-refractivity contribution in [3.63, 3.8) is 0 Å². The Kier molecular flexibility index (Phi) is 6.34. The molecule has 0 aromatic heterocycles. The van der Waals surface area contributed by atoms with Gasteiger partial charge in [-0.05, 0) is 78.4 Å². The van der Waals surface area contributed by atoms with E-state index in [0.717, 1.165) is 21.8 Å². The van der Waals surface area contributed by atoms with Crippen LogP contribution in [-0.2, 0) is 0 Å². The molecule has 1 aliphatic heterocycles. The average molecular weight is 518 g/mol. The molecule has 4 rings (SSSR count). The minimum absolute atomic E-state index is 0.0973. The van der Waals surface area contributed by atoms with Gasteiger partial charge in [-0.25, -0.2) is 0 Å². The van der Waals surface area contributed by atoms with Crippen LogP contribution in [0.4, 0.5) is 0 Å². The van der Waals surface area contributed by atoms with E-state index in [-0.39, 0.29) is 6.04 Å². The van der Waals surface area contributed by atoms with Crippen molar-refractivity contribution in [2.24, 2.45) is 0 Å². The van der Waals surface area contributed by atoms with Crippen LogP contribution in [0.1, 0.15) is 49.3 Å². The summed E-state index contributed by atoms with van der Waals surface area (Å²) >= 11 is 13.0. The van der Waals surface area contributed by atoms with E-state index in [0.29, 0.717) is 5.11 Å². The third kappa shape index (κ3) is 4.27. The summed E-state index contributed by atoms with van der Waals surface area (Å²) in [5, 5.41) is 7.70. The molecule has 144 valence electrons. The Balaban J connectivity index is 1.85. The van der Waals surface area contributed by atoms with E-state index >= 15 is 0 Å². The number of benzene rings is 2. The summed E-state index contributed by atoms with van der Waals surface area (Å²) in [7, 11) is 0. The van der Waals surface area contributed by atoms with Crippen LogP contribution in [0.5, 0.6) is 0 Å². The molecular weight excluding hydrogens is 496 g/mol. The molecule has 1 aliphatic carbocycles. The lowest BCUT2D eigenvalue weighted by molar-refractivity contribution is 0.585. The molecule has 0 saturated heterocycles. The highest BCUT2D eigenvalue weighted by Crippen LogP contribution is 2.39. The minimum Gasteiger partial charge on any atom is -0.352 e. The molecule has 1 heterocycles. The summed E-state index contributed by atoms with van der Waals surface area (Å²) in [5.41, 5.74) is 6.38. The number of halogens is 2. The maximum atomic E-state index is 5.61. The fourth-order valence-corrected chi connectivity index (χ4v) is 5.11. The van der Waals surface area contributed by atoms with E-state index in [4.69, 9.17) is 12.2 Å². The van der Waals surface area contributed by atoms with Crippen molar-refractivity contribution in [2.75, 3.05) is 0 Å². The average Bonchev–Trinajstić information content (AvgIpc) is 2.67. The summed E-state index contributed by atoms with van der Waals surface area (Å²) in [4.78, 5) is 0. The second-order valence-corrected chi connectivity index (χ2v) is 9.32. The number of thiocarbonyl (C=S) groups is 1. The van der Waals surface area contributed by atoms with Crippen molar-refractivity contribution in [1.29, 1.82) is 0 Å². The fraction of sp³-hybridized carbons (Fsp3) is 0.261. The molecule has 2 N–H and O–H groups in total. The van der Waals surface area contributed by atoms with Gasteiger partial charge in [0.05, 0.1) is 6.04 Å². The molecule has 0 bridgehead atoms. The quantitative estimate of drug-likeness (QED) is 0.418. The van der Waals surface area contributed by atoms with Crippen molar-refractivity contribution < 1.29 is 0 Å². The standard InChI is InChI=1S/C23H22Br2N2S/c24-19-12-6-4-8-15(19)14-16-9-2-1-3-11-18-21(16)26-23(28)27-22(18)17-10-5-7-13-20(17)25/h4-8,10,12-14,22H,1-3,9,11H2,(H2,26,27,28)/b16-14+. The van der Waals surface area contributed by atoms with E-state index in [2.05, 4.69) is 97.1 Å². The number of rotatable bonds is 2. The lowest BCUT2D eigenvalue weighted by atomic mass is 9.85. The predicted octanol–water partition coefficient (Wildman–Crippen LogP) is 7.03. The maximum Gasteiger partial charge on any atom is 0.171 e. The topological polar surface area (TPSA) is 24.1 Å². The molecule has 28 heavy (non-hydrogen) atoms. The van der Waals surface area contributed by atoms with Crippen molar-refractivity contribution in [3.8, 4) is 0 Å². The summed E-state index contributed by atoms with van der Waals surface area (Å²) in [6.45, 7) is 0. The van der Waals surface area contributed by atoms with Gasteiger partial charge in [-0.1, -0.05) is 74.7 Å². The van der Waals surface area contributed by atoms with Gasteiger partial charge in [0, 0.05) is 14.6 Å². The molecular formula is C23H22Br2N2S. The van der Waals surface area contributed by atoms with Crippen LogP contribution in [-0.4, -0.2) is 5.11 Å². The molecule has 0 saturated carbocycles. The largest absolute Gasteiger partial charge is 0.352 e. The Bertz CT molecular complexity index is 965. The zero-order valence-corrected chi connectivity index (χ0v) is 19.5. The molecule has 0 spiro atoms. The first-order chi connectivity index (χ1) is 13.6. The zero-order chi connectivity index (χ0) is 19.5. The van der Waals surface area contributed by atoms with Crippen molar-refractivity contribution >= 4 is 55.3 Å². The van der Waals surface area contributed by atoms with E-state index in [9.17, 15) is 0 Å². The molecule has 1 atom stereocenters. The Morgan fingerprint density at radius 3 is 2.39 bits per heavy atom. The lowest BCUT2D eigenvalue weighted by Crippen LogP contribution is -2.44. The van der Waals surface area contributed by atoms with Crippen molar-refractivity contribution in [2.45, 2.75) is 38.1 Å². The minimum atomic E-state index is 0.0973. The van der Waals surface area contributed by atoms with E-state index in [1.165, 1.54) is 47.2 Å². The fourth-order valence-electron chi connectivity index (χ4n) is 3.98. The second-order valence-electron chi connectivity index (χ2n) is 7.20. The maximum absolute atomic E-state index is 5.61. The van der Waals surface area contributed by atoms with Crippen LogP contribution in [0.3, 0.4) is 0 Å². The third-order valence-corrected chi connectivity index (χ3v) is 7.01. The lowest BCUT2D eigenvalue weighted by Gasteiger charge is -2.35. The first kappa shape index (κ1) is 19.9. The van der Waals surface area contributed by atoms with Crippen molar-refractivity contribution in [3.05, 3.63) is 85.4 Å². The summed E-state index contributed by atoms with van der Waals surface area (Å²) in [6.07, 6.45) is 8.09. The van der Waals surface area contributed by atoms with Crippen molar-refractivity contribution in [1.82, 2.24) is 10.6 Å².